The smallest absolute Gasteiger partial charge is 0.255 e. The van der Waals surface area contributed by atoms with Gasteiger partial charge in [0.15, 0.2) is 11.5 Å². The maximum atomic E-state index is 13.1. The number of imide groups is 1. The van der Waals surface area contributed by atoms with Crippen LogP contribution < -0.4 is 10.6 Å². The van der Waals surface area contributed by atoms with Crippen molar-refractivity contribution < 1.29 is 14.4 Å². The number of nitrogens with one attached hydrogen (secondary N) is 2. The van der Waals surface area contributed by atoms with Crippen molar-refractivity contribution in [1.29, 1.82) is 0 Å². The Morgan fingerprint density at radius 1 is 1.04 bits per heavy atom. The topological polar surface area (TPSA) is 152 Å². The zero-order valence-corrected chi connectivity index (χ0v) is 30.9. The van der Waals surface area contributed by atoms with E-state index in [-0.39, 0.29) is 24.3 Å². The predicted octanol–water partition coefficient (Wildman–Crippen LogP) is 5.16. The van der Waals surface area contributed by atoms with E-state index in [0.29, 0.717) is 42.3 Å². The van der Waals surface area contributed by atoms with Crippen LogP contribution in [0.4, 0.5) is 5.69 Å². The summed E-state index contributed by atoms with van der Waals surface area (Å²) in [5, 5.41) is 24.9. The molecule has 3 amide bonds. The lowest BCUT2D eigenvalue weighted by molar-refractivity contribution is -0.136. The Labute approximate surface area is 314 Å². The Bertz CT molecular complexity index is 2380. The number of piperidine rings is 1. The van der Waals surface area contributed by atoms with Crippen LogP contribution >= 0.6 is 22.9 Å². The number of hydrogen-bond acceptors (Lipinski definition) is 10. The van der Waals surface area contributed by atoms with Crippen LogP contribution in [0.15, 0.2) is 53.7 Å². The normalized spacial score (nSPS) is 17.7. The highest BCUT2D eigenvalue weighted by Gasteiger charge is 2.40. The maximum Gasteiger partial charge on any atom is 0.255 e. The number of carbonyl (C=O) groups is 3. The number of thiophene rings is 1. The first-order valence-corrected chi connectivity index (χ1v) is 18.7. The van der Waals surface area contributed by atoms with Crippen molar-refractivity contribution in [3.8, 4) is 16.8 Å². The molecule has 0 aliphatic carbocycles. The van der Waals surface area contributed by atoms with Crippen LogP contribution in [0, 0.1) is 25.7 Å². The predicted molar refractivity (Wildman–Crippen MR) is 200 cm³/mol. The lowest BCUT2D eigenvalue weighted by atomic mass is 9.99. The molecule has 2 atom stereocenters. The quantitative estimate of drug-likeness (QED) is 0.126. The largest absolute Gasteiger partial charge is 0.385 e. The van der Waals surface area contributed by atoms with Crippen molar-refractivity contribution in [2.45, 2.75) is 71.6 Å². The molecule has 2 N–H and O–H groups in total. The number of aromatic nitrogens is 6. The van der Waals surface area contributed by atoms with E-state index in [1.165, 1.54) is 0 Å². The zero-order chi connectivity index (χ0) is 36.8. The van der Waals surface area contributed by atoms with Crippen molar-refractivity contribution in [2.75, 3.05) is 11.9 Å². The molecule has 0 bridgehead atoms. The third kappa shape index (κ3) is 6.51. The van der Waals surface area contributed by atoms with Gasteiger partial charge in [-0.05, 0) is 81.7 Å². The molecule has 0 spiro atoms. The van der Waals surface area contributed by atoms with Gasteiger partial charge in [0.2, 0.25) is 11.8 Å². The first-order valence-electron chi connectivity index (χ1n) is 17.5. The second kappa shape index (κ2) is 14.1. The molecule has 0 saturated carbocycles. The summed E-state index contributed by atoms with van der Waals surface area (Å²) in [6.45, 7) is 7.75. The molecule has 3 aliphatic rings. The molecule has 1 saturated heterocycles. The molecule has 5 aromatic rings. The number of benzene rings is 2. The minimum atomic E-state index is -0.638. The van der Waals surface area contributed by atoms with E-state index in [1.54, 1.807) is 27.0 Å². The molecule has 3 aromatic heterocycles. The van der Waals surface area contributed by atoms with Gasteiger partial charge in [-0.25, -0.2) is 0 Å². The Hall–Kier alpha value is -5.65. The summed E-state index contributed by atoms with van der Waals surface area (Å²) >= 11 is 7.81. The number of nitrogens with zero attached hydrogens (tertiary/aromatic N) is 8. The monoisotopic (exact) mass is 746 g/mol. The molecule has 1 unspecified atom stereocenters. The number of anilines is 1. The molecular formula is C38H35ClN10O3S. The first-order chi connectivity index (χ1) is 25.7. The molecular weight excluding hydrogens is 712 g/mol. The lowest BCUT2D eigenvalue weighted by Crippen LogP contribution is -2.52. The zero-order valence-electron chi connectivity index (χ0n) is 29.3. The maximum absolute atomic E-state index is 13.1. The summed E-state index contributed by atoms with van der Waals surface area (Å²) in [5.74, 6) is 7.25. The van der Waals surface area contributed by atoms with Crippen molar-refractivity contribution in [3.63, 3.8) is 0 Å². The van der Waals surface area contributed by atoms with Crippen molar-refractivity contribution >= 4 is 52.1 Å². The standard InChI is InChI=1S/C38H35ClN10O3S/c1-21-31(53-38-33(21)34(24-9-11-25(39)12-10-24)41-22(2)35-45-43-23(3)49(35)38)15-13-26-19-47(46-44-26)18-5-4-17-40-29-8-6-7-27-28(29)20-48(37(27)52)30-14-16-32(50)42-36(30)51/h6-12,19,22,30,40H,4-5,14,16-18,20H2,1-3H3,(H,42,50,51)/t22-,30?/m0/s1. The Morgan fingerprint density at radius 3 is 2.68 bits per heavy atom. The number of hydrogen-bond donors (Lipinski definition) is 2. The third-order valence-corrected chi connectivity index (χ3v) is 11.2. The number of fused-ring (bicyclic) bond motifs is 4. The summed E-state index contributed by atoms with van der Waals surface area (Å²) in [6.07, 6.45) is 4.13. The van der Waals surface area contributed by atoms with Gasteiger partial charge in [0.25, 0.3) is 5.91 Å². The summed E-state index contributed by atoms with van der Waals surface area (Å²) in [5.41, 5.74) is 6.79. The summed E-state index contributed by atoms with van der Waals surface area (Å²) in [4.78, 5) is 44.8. The highest BCUT2D eigenvalue weighted by molar-refractivity contribution is 7.15. The Balaban J connectivity index is 0.917. The molecule has 1 fully saturated rings. The van der Waals surface area contributed by atoms with Crippen molar-refractivity contribution in [2.24, 2.45) is 4.99 Å². The van der Waals surface area contributed by atoms with Crippen LogP contribution in [0.25, 0.3) is 5.00 Å². The van der Waals surface area contributed by atoms with Crippen molar-refractivity contribution in [3.05, 3.63) is 104 Å². The molecule has 6 heterocycles. The number of rotatable bonds is 8. The van der Waals surface area contributed by atoms with Gasteiger partial charge in [-0.1, -0.05) is 35.0 Å². The second-order valence-electron chi connectivity index (χ2n) is 13.3. The lowest BCUT2D eigenvalue weighted by Gasteiger charge is -2.29. The fourth-order valence-electron chi connectivity index (χ4n) is 7.06. The summed E-state index contributed by atoms with van der Waals surface area (Å²) in [7, 11) is 0. The van der Waals surface area contributed by atoms with Crippen LogP contribution in [-0.4, -0.2) is 70.7 Å². The van der Waals surface area contributed by atoms with E-state index in [1.807, 2.05) is 56.4 Å². The fourth-order valence-corrected chi connectivity index (χ4v) is 8.40. The average molecular weight is 747 g/mol. The molecule has 268 valence electrons. The van der Waals surface area contributed by atoms with E-state index in [0.717, 1.165) is 68.0 Å². The van der Waals surface area contributed by atoms with Gasteiger partial charge in [0, 0.05) is 59.0 Å². The molecule has 15 heteroatoms. The average Bonchev–Trinajstić information content (AvgIpc) is 3.90. The Morgan fingerprint density at radius 2 is 1.87 bits per heavy atom. The number of amides is 3. The molecule has 3 aliphatic heterocycles. The van der Waals surface area contributed by atoms with E-state index in [2.05, 4.69) is 54.5 Å². The summed E-state index contributed by atoms with van der Waals surface area (Å²) < 4.78 is 3.89. The van der Waals surface area contributed by atoms with Gasteiger partial charge in [-0.3, -0.25) is 33.9 Å². The second-order valence-corrected chi connectivity index (χ2v) is 14.8. The number of aryl methyl sites for hydroxylation is 2. The van der Waals surface area contributed by atoms with Crippen LogP contribution in [0.1, 0.15) is 93.5 Å². The molecule has 8 rings (SSSR count). The molecule has 13 nitrogen and oxygen atoms in total. The van der Waals surface area contributed by atoms with Crippen LogP contribution in [0.2, 0.25) is 5.02 Å². The number of aliphatic imine (C=N–C) groups is 1. The van der Waals surface area contributed by atoms with Crippen LogP contribution in [0.5, 0.6) is 0 Å². The van der Waals surface area contributed by atoms with Crippen LogP contribution in [0.3, 0.4) is 0 Å². The summed E-state index contributed by atoms with van der Waals surface area (Å²) in [6, 6.07) is 12.5. The van der Waals surface area contributed by atoms with Gasteiger partial charge < -0.3 is 10.2 Å². The Kier molecular flexibility index (Phi) is 9.13. The van der Waals surface area contributed by atoms with Gasteiger partial charge in [0.05, 0.1) is 16.8 Å². The molecule has 0 radical (unpaired) electrons. The SMILES string of the molecule is Cc1c(C#Cc2cn(CCCCNc3cccc4c3CN(C3CCC(=O)NC3=O)C4=O)nn2)sc2c1C(c1ccc(Cl)cc1)=N[C@@H](C)c1nnc(C)n1-2. The molecule has 53 heavy (non-hydrogen) atoms. The minimum Gasteiger partial charge on any atom is -0.385 e. The van der Waals surface area contributed by atoms with Gasteiger partial charge in [-0.2, -0.15) is 0 Å². The van der Waals surface area contributed by atoms with E-state index < -0.39 is 11.9 Å². The fraction of sp³-hybridized carbons (Fsp3) is 0.316. The number of unbranched alkanes of at least 4 members (excludes halogenated alkanes) is 1. The van der Waals surface area contributed by atoms with Gasteiger partial charge in [-0.15, -0.1) is 26.6 Å². The van der Waals surface area contributed by atoms with Crippen LogP contribution in [-0.2, 0) is 22.7 Å². The van der Waals surface area contributed by atoms with E-state index >= 15 is 0 Å². The highest BCUT2D eigenvalue weighted by Crippen LogP contribution is 2.39. The highest BCUT2D eigenvalue weighted by atomic mass is 35.5. The van der Waals surface area contributed by atoms with Gasteiger partial charge >= 0.3 is 0 Å². The van der Waals surface area contributed by atoms with E-state index in [4.69, 9.17) is 16.6 Å². The number of carbonyl (C=O) groups excluding carboxylic acids is 3. The first kappa shape index (κ1) is 34.4. The minimum absolute atomic E-state index is 0.182. The van der Waals surface area contributed by atoms with Gasteiger partial charge in [0.1, 0.15) is 22.9 Å². The van der Waals surface area contributed by atoms with Crippen molar-refractivity contribution in [1.82, 2.24) is 40.0 Å². The van der Waals surface area contributed by atoms with E-state index in [9.17, 15) is 14.4 Å². The third-order valence-electron chi connectivity index (χ3n) is 9.79. The number of halogens is 1. The molecule has 2 aromatic carbocycles.